The molecule has 8 heteroatoms. The minimum absolute atomic E-state index is 0.121. The standard InChI is InChI=1S/C12H15BrF3NO2S/c1-11(2,3)7-20(18,19)17-10-6-8(12(14,15)16)4-5-9(10)13/h4-6,17H,7H2,1-3H3. The van der Waals surface area contributed by atoms with Gasteiger partial charge in [-0.05, 0) is 39.5 Å². The van der Waals surface area contributed by atoms with Gasteiger partial charge in [-0.1, -0.05) is 20.8 Å². The smallest absolute Gasteiger partial charge is 0.282 e. The summed E-state index contributed by atoms with van der Waals surface area (Å²) in [4.78, 5) is 0. The van der Waals surface area contributed by atoms with Crippen LogP contribution in [0, 0.1) is 5.41 Å². The summed E-state index contributed by atoms with van der Waals surface area (Å²) in [6, 6.07) is 2.81. The molecule has 0 heterocycles. The van der Waals surface area contributed by atoms with Gasteiger partial charge in [-0.3, -0.25) is 4.72 Å². The Hall–Kier alpha value is -0.760. The van der Waals surface area contributed by atoms with E-state index in [4.69, 9.17) is 0 Å². The maximum atomic E-state index is 12.6. The molecule has 1 rings (SSSR count). The Balaban J connectivity index is 3.09. The molecule has 0 spiro atoms. The van der Waals surface area contributed by atoms with Gasteiger partial charge < -0.3 is 0 Å². The summed E-state index contributed by atoms with van der Waals surface area (Å²) in [7, 11) is -3.72. The molecule has 0 aromatic heterocycles. The minimum Gasteiger partial charge on any atom is -0.282 e. The highest BCUT2D eigenvalue weighted by Gasteiger charge is 2.31. The number of halogens is 4. The Morgan fingerprint density at radius 1 is 1.20 bits per heavy atom. The zero-order chi connectivity index (χ0) is 15.8. The number of benzene rings is 1. The van der Waals surface area contributed by atoms with Gasteiger partial charge in [-0.15, -0.1) is 0 Å². The molecule has 0 aliphatic rings. The molecule has 1 N–H and O–H groups in total. The molecule has 0 bridgehead atoms. The summed E-state index contributed by atoms with van der Waals surface area (Å²) in [5, 5.41) is 0. The number of anilines is 1. The zero-order valence-corrected chi connectivity index (χ0v) is 13.6. The predicted molar refractivity (Wildman–Crippen MR) is 76.0 cm³/mol. The highest BCUT2D eigenvalue weighted by Crippen LogP contribution is 2.34. The van der Waals surface area contributed by atoms with Crippen LogP contribution in [0.1, 0.15) is 26.3 Å². The fourth-order valence-corrected chi connectivity index (χ4v) is 3.75. The number of hydrogen-bond acceptors (Lipinski definition) is 2. The van der Waals surface area contributed by atoms with E-state index in [1.165, 1.54) is 0 Å². The molecule has 114 valence electrons. The second-order valence-electron chi connectivity index (χ2n) is 5.61. The van der Waals surface area contributed by atoms with Crippen molar-refractivity contribution in [1.29, 1.82) is 0 Å². The molecule has 0 atom stereocenters. The Morgan fingerprint density at radius 3 is 2.20 bits per heavy atom. The van der Waals surface area contributed by atoms with Crippen LogP contribution in [0.5, 0.6) is 0 Å². The molecule has 1 aromatic rings. The lowest BCUT2D eigenvalue weighted by molar-refractivity contribution is -0.137. The molecule has 0 saturated heterocycles. The molecule has 0 aliphatic heterocycles. The van der Waals surface area contributed by atoms with Gasteiger partial charge in [0, 0.05) is 4.47 Å². The first-order valence-corrected chi connectivity index (χ1v) is 8.12. The summed E-state index contributed by atoms with van der Waals surface area (Å²) in [5.41, 5.74) is -1.53. The van der Waals surface area contributed by atoms with E-state index >= 15 is 0 Å². The molecule has 0 radical (unpaired) electrons. The molecule has 0 amide bonds. The van der Waals surface area contributed by atoms with E-state index in [1.54, 1.807) is 20.8 Å². The van der Waals surface area contributed by atoms with Crippen molar-refractivity contribution < 1.29 is 21.6 Å². The van der Waals surface area contributed by atoms with Crippen LogP contribution in [0.25, 0.3) is 0 Å². The van der Waals surface area contributed by atoms with Gasteiger partial charge in [0.05, 0.1) is 17.0 Å². The number of alkyl halides is 3. The summed E-state index contributed by atoms with van der Waals surface area (Å²) in [5.74, 6) is -0.192. The van der Waals surface area contributed by atoms with E-state index in [1.807, 2.05) is 0 Å². The van der Waals surface area contributed by atoms with Gasteiger partial charge in [-0.25, -0.2) is 8.42 Å². The molecule has 3 nitrogen and oxygen atoms in total. The lowest BCUT2D eigenvalue weighted by Crippen LogP contribution is -2.26. The average Bonchev–Trinajstić information content (AvgIpc) is 2.15. The molecule has 0 fully saturated rings. The minimum atomic E-state index is -4.52. The maximum Gasteiger partial charge on any atom is 0.416 e. The van der Waals surface area contributed by atoms with E-state index in [0.717, 1.165) is 18.2 Å². The number of sulfonamides is 1. The second kappa shape index (κ2) is 5.55. The Morgan fingerprint density at radius 2 is 1.75 bits per heavy atom. The average molecular weight is 374 g/mol. The summed E-state index contributed by atoms with van der Waals surface area (Å²) < 4.78 is 64.1. The molecule has 1 aromatic carbocycles. The van der Waals surface area contributed by atoms with Crippen molar-refractivity contribution in [2.75, 3.05) is 10.5 Å². The lowest BCUT2D eigenvalue weighted by atomic mass is 10.0. The highest BCUT2D eigenvalue weighted by molar-refractivity contribution is 9.10. The van der Waals surface area contributed by atoms with Crippen LogP contribution in [0.3, 0.4) is 0 Å². The molecular weight excluding hydrogens is 359 g/mol. The van der Waals surface area contributed by atoms with Crippen LogP contribution < -0.4 is 4.72 Å². The molecule has 0 unspecified atom stereocenters. The van der Waals surface area contributed by atoms with Gasteiger partial charge in [-0.2, -0.15) is 13.2 Å². The normalized spacial score (nSPS) is 13.3. The highest BCUT2D eigenvalue weighted by atomic mass is 79.9. The number of hydrogen-bond donors (Lipinski definition) is 1. The van der Waals surface area contributed by atoms with Gasteiger partial charge in [0.15, 0.2) is 0 Å². The van der Waals surface area contributed by atoms with Crippen LogP contribution in [0.2, 0.25) is 0 Å². The molecule has 0 aliphatic carbocycles. The Kier molecular flexibility index (Phi) is 4.80. The van der Waals surface area contributed by atoms with Crippen molar-refractivity contribution >= 4 is 31.6 Å². The first-order valence-electron chi connectivity index (χ1n) is 5.67. The van der Waals surface area contributed by atoms with Crippen LogP contribution in [-0.4, -0.2) is 14.2 Å². The van der Waals surface area contributed by atoms with E-state index in [0.29, 0.717) is 0 Å². The van der Waals surface area contributed by atoms with Crippen molar-refractivity contribution in [3.8, 4) is 0 Å². The van der Waals surface area contributed by atoms with Gasteiger partial charge >= 0.3 is 6.18 Å². The van der Waals surface area contributed by atoms with Gasteiger partial charge in [0.2, 0.25) is 10.0 Å². The monoisotopic (exact) mass is 373 g/mol. The molecule has 20 heavy (non-hydrogen) atoms. The third kappa shape index (κ3) is 5.32. The Labute approximate surface area is 124 Å². The molecular formula is C12H15BrF3NO2S. The Bertz CT molecular complexity index is 592. The van der Waals surface area contributed by atoms with E-state index < -0.39 is 27.2 Å². The third-order valence-electron chi connectivity index (χ3n) is 2.18. The van der Waals surface area contributed by atoms with Gasteiger partial charge in [0.1, 0.15) is 0 Å². The fourth-order valence-electron chi connectivity index (χ4n) is 1.55. The SMILES string of the molecule is CC(C)(C)CS(=O)(=O)Nc1cc(C(F)(F)F)ccc1Br. The third-order valence-corrected chi connectivity index (χ3v) is 4.65. The first-order chi connectivity index (χ1) is 8.80. The van der Waals surface area contributed by atoms with E-state index in [9.17, 15) is 21.6 Å². The summed E-state index contributed by atoms with van der Waals surface area (Å²) >= 11 is 3.04. The van der Waals surface area contributed by atoms with Crippen LogP contribution in [0.15, 0.2) is 22.7 Å². The van der Waals surface area contributed by atoms with Crippen molar-refractivity contribution in [3.05, 3.63) is 28.2 Å². The summed E-state index contributed by atoms with van der Waals surface area (Å²) in [6.07, 6.45) is -4.52. The maximum absolute atomic E-state index is 12.6. The summed E-state index contributed by atoms with van der Waals surface area (Å²) in [6.45, 7) is 5.19. The fraction of sp³-hybridized carbons (Fsp3) is 0.500. The van der Waals surface area contributed by atoms with Crippen LogP contribution in [0.4, 0.5) is 18.9 Å². The van der Waals surface area contributed by atoms with Crippen molar-refractivity contribution in [2.45, 2.75) is 26.9 Å². The van der Waals surface area contributed by atoms with Crippen molar-refractivity contribution in [3.63, 3.8) is 0 Å². The largest absolute Gasteiger partial charge is 0.416 e. The first kappa shape index (κ1) is 17.3. The predicted octanol–water partition coefficient (Wildman–Crippen LogP) is 4.26. The quantitative estimate of drug-likeness (QED) is 0.860. The molecule has 0 saturated carbocycles. The van der Waals surface area contributed by atoms with Crippen LogP contribution >= 0.6 is 15.9 Å². The second-order valence-corrected chi connectivity index (χ2v) is 8.19. The van der Waals surface area contributed by atoms with Crippen molar-refractivity contribution in [2.24, 2.45) is 5.41 Å². The number of nitrogens with one attached hydrogen (secondary N) is 1. The zero-order valence-electron chi connectivity index (χ0n) is 11.2. The van der Waals surface area contributed by atoms with Crippen molar-refractivity contribution in [1.82, 2.24) is 0 Å². The topological polar surface area (TPSA) is 46.2 Å². The number of rotatable bonds is 3. The van der Waals surface area contributed by atoms with E-state index in [-0.39, 0.29) is 15.9 Å². The van der Waals surface area contributed by atoms with Gasteiger partial charge in [0.25, 0.3) is 0 Å². The van der Waals surface area contributed by atoms with E-state index in [2.05, 4.69) is 20.7 Å². The van der Waals surface area contributed by atoms with Crippen LogP contribution in [-0.2, 0) is 16.2 Å². The lowest BCUT2D eigenvalue weighted by Gasteiger charge is -2.19.